The number of unbranched alkanes of at least 4 members (excludes halogenated alkanes) is 17. The normalized spacial score (nSPS) is 13.6. The average molecular weight is 407 g/mol. The summed E-state index contributed by atoms with van der Waals surface area (Å²) in [7, 11) is -4.35. The molecule has 0 aliphatic rings. The van der Waals surface area contributed by atoms with E-state index in [9.17, 15) is 14.7 Å². The van der Waals surface area contributed by atoms with Gasteiger partial charge in [-0.1, -0.05) is 6.92 Å². The van der Waals surface area contributed by atoms with Gasteiger partial charge in [-0.05, 0) is 0 Å². The van der Waals surface area contributed by atoms with Crippen molar-refractivity contribution in [3.63, 3.8) is 0 Å². The van der Waals surface area contributed by atoms with E-state index in [1.165, 1.54) is 83.5 Å². The molecule has 0 radical (unpaired) electrons. The summed E-state index contributed by atoms with van der Waals surface area (Å²) in [5.74, 6) is 0. The van der Waals surface area contributed by atoms with Crippen LogP contribution in [0.3, 0.4) is 0 Å². The van der Waals surface area contributed by atoms with E-state index in [1.54, 1.807) is 0 Å². The molecule has 0 aromatic heterocycles. The number of rotatable bonds is 21. The Morgan fingerprint density at radius 2 is 0.593 bits per heavy atom. The fourth-order valence-electron chi connectivity index (χ4n) is 3.78. The van der Waals surface area contributed by atoms with E-state index in [0.29, 0.717) is 0 Å². The van der Waals surface area contributed by atoms with Gasteiger partial charge in [0, 0.05) is 0 Å². The molecule has 3 nitrogen and oxygen atoms in total. The van der Waals surface area contributed by atoms with E-state index in [1.807, 2.05) is 0 Å². The van der Waals surface area contributed by atoms with Crippen molar-refractivity contribution in [1.29, 1.82) is 0 Å². The average Bonchev–Trinajstić information content (AvgIpc) is 2.61. The Morgan fingerprint density at radius 3 is 0.852 bits per heavy atom. The first kappa shape index (κ1) is 27.3. The Labute approximate surface area is 170 Å². The maximum atomic E-state index is 10.2. The Balaban J connectivity index is 3.51. The molecule has 4 heteroatoms. The van der Waals surface area contributed by atoms with Crippen molar-refractivity contribution in [2.45, 2.75) is 136 Å². The van der Waals surface area contributed by atoms with Crippen molar-refractivity contribution in [1.82, 2.24) is 0 Å². The number of hydrogen-bond donors (Lipinski definition) is 3. The van der Waals surface area contributed by atoms with Gasteiger partial charge in [0.25, 0.3) is 0 Å². The first-order valence-electron chi connectivity index (χ1n) is 12.1. The van der Waals surface area contributed by atoms with E-state index in [-0.39, 0.29) is 12.3 Å². The van der Waals surface area contributed by atoms with Gasteiger partial charge in [0.15, 0.2) is 0 Å². The third-order valence-electron chi connectivity index (χ3n) is 5.69. The SMILES string of the molecule is CCCCCCCCCCCCCP(O)(O)(O)CCCCCCCCCC. The van der Waals surface area contributed by atoms with Gasteiger partial charge in [0.05, 0.1) is 0 Å². The summed E-state index contributed by atoms with van der Waals surface area (Å²) in [5.41, 5.74) is 0. The van der Waals surface area contributed by atoms with Gasteiger partial charge in [-0.15, -0.1) is 0 Å². The first-order valence-corrected chi connectivity index (χ1v) is 14.6. The predicted octanol–water partition coefficient (Wildman–Crippen LogP) is 7.71. The van der Waals surface area contributed by atoms with E-state index in [4.69, 9.17) is 0 Å². The summed E-state index contributed by atoms with van der Waals surface area (Å²) in [6.07, 6.45) is 23.3. The zero-order valence-electron chi connectivity index (χ0n) is 18.6. The maximum absolute atomic E-state index is 10.2. The molecule has 0 saturated heterocycles. The van der Waals surface area contributed by atoms with E-state index >= 15 is 0 Å². The van der Waals surface area contributed by atoms with Crippen LogP contribution >= 0.6 is 7.28 Å². The molecule has 3 N–H and O–H groups in total. The van der Waals surface area contributed by atoms with Gasteiger partial charge < -0.3 is 0 Å². The third kappa shape index (κ3) is 20.8. The van der Waals surface area contributed by atoms with Crippen LogP contribution in [0.25, 0.3) is 0 Å². The Morgan fingerprint density at radius 1 is 0.370 bits per heavy atom. The standard InChI is InChI=1S/C23H51O3P/c1-3-5-7-9-11-13-14-15-17-19-21-23-27(24,25,26)22-20-18-16-12-10-8-6-4-2/h24-26H,3-23H2,1-2H3. The molecule has 166 valence electrons. The third-order valence-corrected chi connectivity index (χ3v) is 8.15. The molecule has 0 aromatic rings. The van der Waals surface area contributed by atoms with Crippen molar-refractivity contribution in [2.24, 2.45) is 0 Å². The summed E-state index contributed by atoms with van der Waals surface area (Å²) < 4.78 is 0. The second-order valence-corrected chi connectivity index (χ2v) is 12.4. The van der Waals surface area contributed by atoms with Gasteiger partial charge in [0.2, 0.25) is 0 Å². The Bertz CT molecular complexity index is 312. The molecule has 0 fully saturated rings. The zero-order chi connectivity index (χ0) is 20.3. The summed E-state index contributed by atoms with van der Waals surface area (Å²) >= 11 is 0. The van der Waals surface area contributed by atoms with Crippen LogP contribution < -0.4 is 0 Å². The van der Waals surface area contributed by atoms with Crippen LogP contribution in [-0.2, 0) is 0 Å². The predicted molar refractivity (Wildman–Crippen MR) is 122 cm³/mol. The summed E-state index contributed by atoms with van der Waals surface area (Å²) in [6.45, 7) is 4.48. The second kappa shape index (κ2) is 17.2. The molecule has 0 spiro atoms. The molecule has 0 unspecified atom stereocenters. The van der Waals surface area contributed by atoms with Gasteiger partial charge in [0.1, 0.15) is 0 Å². The van der Waals surface area contributed by atoms with Crippen LogP contribution in [0.5, 0.6) is 0 Å². The molecule has 0 bridgehead atoms. The minimum atomic E-state index is -4.35. The summed E-state index contributed by atoms with van der Waals surface area (Å²) in [5, 5.41) is 0. The molecule has 0 amide bonds. The fourth-order valence-corrected chi connectivity index (χ4v) is 5.75. The zero-order valence-corrected chi connectivity index (χ0v) is 19.5. The summed E-state index contributed by atoms with van der Waals surface area (Å²) in [6, 6.07) is 0. The monoisotopic (exact) mass is 406 g/mol. The Kier molecular flexibility index (Phi) is 17.4. The van der Waals surface area contributed by atoms with Crippen molar-refractivity contribution in [2.75, 3.05) is 12.3 Å². The molecular weight excluding hydrogens is 355 g/mol. The molecule has 0 heterocycles. The van der Waals surface area contributed by atoms with Crippen LogP contribution in [0, 0.1) is 0 Å². The molecule has 0 aromatic carbocycles. The van der Waals surface area contributed by atoms with Gasteiger partial charge >= 0.3 is 163 Å². The minimum absolute atomic E-state index is 0.207. The number of hydrogen-bond acceptors (Lipinski definition) is 3. The molecule has 0 aliphatic heterocycles. The van der Waals surface area contributed by atoms with Crippen molar-refractivity contribution < 1.29 is 14.7 Å². The van der Waals surface area contributed by atoms with Crippen molar-refractivity contribution in [3.05, 3.63) is 0 Å². The van der Waals surface area contributed by atoms with Gasteiger partial charge in [-0.25, -0.2) is 0 Å². The van der Waals surface area contributed by atoms with Crippen molar-refractivity contribution >= 4 is 7.28 Å². The van der Waals surface area contributed by atoms with Gasteiger partial charge in [-0.2, -0.15) is 0 Å². The Hall–Kier alpha value is 0.310. The van der Waals surface area contributed by atoms with Gasteiger partial charge in [-0.3, -0.25) is 0 Å². The van der Waals surface area contributed by atoms with Crippen LogP contribution in [0.1, 0.15) is 136 Å². The molecule has 0 saturated carbocycles. The van der Waals surface area contributed by atoms with Crippen LogP contribution in [0.15, 0.2) is 0 Å². The molecule has 0 rings (SSSR count). The first-order chi connectivity index (χ1) is 12.9. The topological polar surface area (TPSA) is 60.7 Å². The van der Waals surface area contributed by atoms with Crippen LogP contribution in [0.2, 0.25) is 0 Å². The molecule has 0 atom stereocenters. The fraction of sp³-hybridized carbons (Fsp3) is 1.00. The van der Waals surface area contributed by atoms with E-state index in [2.05, 4.69) is 13.8 Å². The molecule has 27 heavy (non-hydrogen) atoms. The van der Waals surface area contributed by atoms with Crippen LogP contribution in [0.4, 0.5) is 0 Å². The van der Waals surface area contributed by atoms with E-state index in [0.717, 1.165) is 38.5 Å². The van der Waals surface area contributed by atoms with Crippen molar-refractivity contribution in [3.8, 4) is 0 Å². The molecule has 0 aliphatic carbocycles. The second-order valence-electron chi connectivity index (χ2n) is 8.80. The van der Waals surface area contributed by atoms with E-state index < -0.39 is 7.28 Å². The molecular formula is C23H51O3P. The van der Waals surface area contributed by atoms with Crippen LogP contribution in [-0.4, -0.2) is 27.0 Å². The quantitative estimate of drug-likeness (QED) is 0.135. The summed E-state index contributed by atoms with van der Waals surface area (Å²) in [4.78, 5) is 30.7.